The second kappa shape index (κ2) is 5.91. The van der Waals surface area contributed by atoms with E-state index in [1.807, 2.05) is 24.3 Å². The molecule has 2 aromatic carbocycles. The van der Waals surface area contributed by atoms with Gasteiger partial charge in [0.15, 0.2) is 11.5 Å². The van der Waals surface area contributed by atoms with Gasteiger partial charge >= 0.3 is 6.03 Å². The predicted octanol–water partition coefficient (Wildman–Crippen LogP) is 3.92. The minimum atomic E-state index is -0.289. The lowest BCUT2D eigenvalue weighted by molar-refractivity contribution is 0.171. The third-order valence-corrected chi connectivity index (χ3v) is 4.55. The molecular formula is C18H17ClN2O3. The minimum Gasteiger partial charge on any atom is -0.486 e. The van der Waals surface area contributed by atoms with Crippen LogP contribution in [0.5, 0.6) is 11.5 Å². The molecule has 1 fully saturated rings. The molecule has 0 atom stereocenters. The molecule has 0 aromatic heterocycles. The second-order valence-corrected chi connectivity index (χ2v) is 6.46. The molecule has 2 amide bonds. The first kappa shape index (κ1) is 15.1. The molecule has 2 aliphatic rings. The maximum atomic E-state index is 12.4. The van der Waals surface area contributed by atoms with E-state index in [0.29, 0.717) is 35.4 Å². The fourth-order valence-corrected chi connectivity index (χ4v) is 3.01. The normalized spacial score (nSPS) is 17.0. The van der Waals surface area contributed by atoms with E-state index in [1.54, 1.807) is 18.2 Å². The van der Waals surface area contributed by atoms with E-state index in [4.69, 9.17) is 21.1 Å². The Labute approximate surface area is 144 Å². The van der Waals surface area contributed by atoms with Crippen molar-refractivity contribution >= 4 is 23.3 Å². The average molecular weight is 345 g/mol. The summed E-state index contributed by atoms with van der Waals surface area (Å²) in [6, 6.07) is 12.7. The molecule has 1 aliphatic heterocycles. The van der Waals surface area contributed by atoms with Gasteiger partial charge in [0.25, 0.3) is 0 Å². The highest BCUT2D eigenvalue weighted by Gasteiger charge is 2.45. The smallest absolute Gasteiger partial charge is 0.319 e. The average Bonchev–Trinajstić information content (AvgIpc) is 3.35. The van der Waals surface area contributed by atoms with Gasteiger partial charge in [-0.1, -0.05) is 23.7 Å². The Morgan fingerprint density at radius 3 is 2.42 bits per heavy atom. The summed E-state index contributed by atoms with van der Waals surface area (Å²) in [5.41, 5.74) is 1.45. The molecule has 0 spiro atoms. The van der Waals surface area contributed by atoms with Crippen molar-refractivity contribution in [1.82, 2.24) is 5.32 Å². The van der Waals surface area contributed by atoms with Gasteiger partial charge in [0.2, 0.25) is 0 Å². The SMILES string of the molecule is O=C(Nc1ccc2c(c1)OCCO2)NC1(c2ccc(Cl)cc2)CC1. The molecule has 5 nitrogen and oxygen atoms in total. The molecule has 0 saturated heterocycles. The Balaban J connectivity index is 1.44. The van der Waals surface area contributed by atoms with Crippen LogP contribution in [0.1, 0.15) is 18.4 Å². The molecule has 0 bridgehead atoms. The van der Waals surface area contributed by atoms with Crippen molar-refractivity contribution in [1.29, 1.82) is 0 Å². The van der Waals surface area contributed by atoms with Crippen LogP contribution in [0.4, 0.5) is 10.5 Å². The zero-order valence-electron chi connectivity index (χ0n) is 13.0. The van der Waals surface area contributed by atoms with Gasteiger partial charge in [-0.3, -0.25) is 0 Å². The molecule has 0 radical (unpaired) electrons. The number of carbonyl (C=O) groups is 1. The quantitative estimate of drug-likeness (QED) is 0.887. The number of hydrogen-bond acceptors (Lipinski definition) is 3. The van der Waals surface area contributed by atoms with Crippen molar-refractivity contribution in [3.05, 3.63) is 53.1 Å². The number of fused-ring (bicyclic) bond motifs is 1. The number of nitrogens with one attached hydrogen (secondary N) is 2. The summed E-state index contributed by atoms with van der Waals surface area (Å²) in [4.78, 5) is 12.4. The number of amides is 2. The van der Waals surface area contributed by atoms with Crippen LogP contribution >= 0.6 is 11.6 Å². The lowest BCUT2D eigenvalue weighted by Crippen LogP contribution is -2.38. The predicted molar refractivity (Wildman–Crippen MR) is 92.0 cm³/mol. The van der Waals surface area contributed by atoms with E-state index in [-0.39, 0.29) is 11.6 Å². The van der Waals surface area contributed by atoms with E-state index >= 15 is 0 Å². The van der Waals surface area contributed by atoms with E-state index in [9.17, 15) is 4.79 Å². The molecule has 1 heterocycles. The van der Waals surface area contributed by atoms with Gasteiger partial charge in [0.1, 0.15) is 13.2 Å². The van der Waals surface area contributed by atoms with Crippen molar-refractivity contribution < 1.29 is 14.3 Å². The number of anilines is 1. The lowest BCUT2D eigenvalue weighted by Gasteiger charge is -2.20. The summed E-state index contributed by atoms with van der Waals surface area (Å²) in [5, 5.41) is 6.61. The highest BCUT2D eigenvalue weighted by molar-refractivity contribution is 6.30. The second-order valence-electron chi connectivity index (χ2n) is 6.03. The Kier molecular flexibility index (Phi) is 3.73. The van der Waals surface area contributed by atoms with Crippen LogP contribution in [0.15, 0.2) is 42.5 Å². The van der Waals surface area contributed by atoms with Gasteiger partial charge in [0.05, 0.1) is 5.54 Å². The number of hydrogen-bond donors (Lipinski definition) is 2. The molecule has 24 heavy (non-hydrogen) atoms. The summed E-state index contributed by atoms with van der Waals surface area (Å²) in [6.45, 7) is 1.06. The van der Waals surface area contributed by atoms with Crippen LogP contribution in [-0.4, -0.2) is 19.2 Å². The lowest BCUT2D eigenvalue weighted by atomic mass is 10.1. The summed E-state index contributed by atoms with van der Waals surface area (Å²) < 4.78 is 11.0. The fraction of sp³-hybridized carbons (Fsp3) is 0.278. The number of benzene rings is 2. The van der Waals surface area contributed by atoms with Crippen molar-refractivity contribution in [2.24, 2.45) is 0 Å². The summed E-state index contributed by atoms with van der Waals surface area (Å²) in [5.74, 6) is 1.35. The monoisotopic (exact) mass is 344 g/mol. The van der Waals surface area contributed by atoms with Crippen LogP contribution in [-0.2, 0) is 5.54 Å². The van der Waals surface area contributed by atoms with Gasteiger partial charge in [-0.25, -0.2) is 4.79 Å². The van der Waals surface area contributed by atoms with E-state index in [0.717, 1.165) is 18.4 Å². The van der Waals surface area contributed by atoms with E-state index < -0.39 is 0 Å². The van der Waals surface area contributed by atoms with Crippen molar-refractivity contribution in [2.75, 3.05) is 18.5 Å². The summed E-state index contributed by atoms with van der Waals surface area (Å²) in [7, 11) is 0. The van der Waals surface area contributed by atoms with Gasteiger partial charge in [-0.15, -0.1) is 0 Å². The molecule has 0 unspecified atom stereocenters. The van der Waals surface area contributed by atoms with Crippen LogP contribution in [0.3, 0.4) is 0 Å². The summed E-state index contributed by atoms with van der Waals surface area (Å²) >= 11 is 5.93. The number of ether oxygens (including phenoxy) is 2. The largest absolute Gasteiger partial charge is 0.486 e. The zero-order chi connectivity index (χ0) is 16.6. The fourth-order valence-electron chi connectivity index (χ4n) is 2.88. The zero-order valence-corrected chi connectivity index (χ0v) is 13.7. The third kappa shape index (κ3) is 2.99. The first-order valence-corrected chi connectivity index (χ1v) is 8.27. The number of rotatable bonds is 3. The topological polar surface area (TPSA) is 59.6 Å². The maximum absolute atomic E-state index is 12.4. The van der Waals surface area contributed by atoms with Gasteiger partial charge in [0, 0.05) is 16.8 Å². The van der Waals surface area contributed by atoms with Gasteiger partial charge in [-0.05, 0) is 42.7 Å². The van der Waals surface area contributed by atoms with Gasteiger partial charge < -0.3 is 20.1 Å². The Morgan fingerprint density at radius 2 is 1.71 bits per heavy atom. The first-order chi connectivity index (χ1) is 11.6. The van der Waals surface area contributed by atoms with Crippen molar-refractivity contribution in [2.45, 2.75) is 18.4 Å². The van der Waals surface area contributed by atoms with E-state index in [1.165, 1.54) is 0 Å². The Bertz CT molecular complexity index is 772. The molecule has 1 aliphatic carbocycles. The standard InChI is InChI=1S/C18H17ClN2O3/c19-13-3-1-12(2-4-13)18(7-8-18)21-17(22)20-14-5-6-15-16(11-14)24-10-9-23-15/h1-6,11H,7-10H2,(H2,20,21,22). The molecular weight excluding hydrogens is 328 g/mol. The van der Waals surface area contributed by atoms with Crippen molar-refractivity contribution in [3.8, 4) is 11.5 Å². The number of halogens is 1. The molecule has 2 aromatic rings. The Hall–Kier alpha value is -2.40. The van der Waals surface area contributed by atoms with Crippen LogP contribution in [0.25, 0.3) is 0 Å². The number of urea groups is 1. The molecule has 4 rings (SSSR count). The minimum absolute atomic E-state index is 0.237. The van der Waals surface area contributed by atoms with Gasteiger partial charge in [-0.2, -0.15) is 0 Å². The maximum Gasteiger partial charge on any atom is 0.319 e. The summed E-state index contributed by atoms with van der Waals surface area (Å²) in [6.07, 6.45) is 1.84. The van der Waals surface area contributed by atoms with Crippen LogP contribution in [0, 0.1) is 0 Å². The van der Waals surface area contributed by atoms with Crippen LogP contribution in [0.2, 0.25) is 5.02 Å². The highest BCUT2D eigenvalue weighted by atomic mass is 35.5. The Morgan fingerprint density at radius 1 is 1.00 bits per heavy atom. The van der Waals surface area contributed by atoms with Crippen molar-refractivity contribution in [3.63, 3.8) is 0 Å². The number of carbonyl (C=O) groups excluding carboxylic acids is 1. The van der Waals surface area contributed by atoms with E-state index in [2.05, 4.69) is 10.6 Å². The molecule has 2 N–H and O–H groups in total. The molecule has 124 valence electrons. The molecule has 1 saturated carbocycles. The van der Waals surface area contributed by atoms with Crippen LogP contribution < -0.4 is 20.1 Å². The first-order valence-electron chi connectivity index (χ1n) is 7.90. The highest BCUT2D eigenvalue weighted by Crippen LogP contribution is 2.45. The molecule has 6 heteroatoms. The third-order valence-electron chi connectivity index (χ3n) is 4.30.